The van der Waals surface area contributed by atoms with Crippen molar-refractivity contribution in [3.8, 4) is 22.8 Å². The molecule has 0 N–H and O–H groups in total. The molecule has 0 aliphatic heterocycles. The van der Waals surface area contributed by atoms with Gasteiger partial charge in [-0.3, -0.25) is 4.98 Å². The van der Waals surface area contributed by atoms with Crippen LogP contribution in [0.5, 0.6) is 11.5 Å². The Bertz CT molecular complexity index is 623. The maximum Gasteiger partial charge on any atom is 0.161 e. The predicted octanol–water partition coefficient (Wildman–Crippen LogP) is 4.39. The smallest absolute Gasteiger partial charge is 0.161 e. The maximum absolute atomic E-state index is 5.43. The number of methoxy groups -OCH3 is 2. The minimum atomic E-state index is 0.721. The zero-order chi connectivity index (χ0) is 16.7. The Kier molecular flexibility index (Phi) is 6.27. The molecule has 0 saturated heterocycles. The van der Waals surface area contributed by atoms with Crippen molar-refractivity contribution in [2.45, 2.75) is 26.7 Å². The van der Waals surface area contributed by atoms with Crippen molar-refractivity contribution < 1.29 is 9.47 Å². The molecule has 1 aromatic heterocycles. The van der Waals surface area contributed by atoms with Crippen LogP contribution < -0.4 is 14.4 Å². The molecule has 2 aromatic rings. The van der Waals surface area contributed by atoms with Crippen molar-refractivity contribution in [3.05, 3.63) is 36.5 Å². The van der Waals surface area contributed by atoms with E-state index in [0.717, 1.165) is 48.7 Å². The molecule has 23 heavy (non-hydrogen) atoms. The number of hydrogen-bond acceptors (Lipinski definition) is 4. The fraction of sp³-hybridized carbons (Fsp3) is 0.421. The lowest BCUT2D eigenvalue weighted by Crippen LogP contribution is -2.25. The molecule has 0 radical (unpaired) electrons. The molecule has 0 atom stereocenters. The summed E-state index contributed by atoms with van der Waals surface area (Å²) in [6.45, 7) is 6.46. The normalized spacial score (nSPS) is 10.4. The lowest BCUT2D eigenvalue weighted by Gasteiger charge is -2.26. The topological polar surface area (TPSA) is 34.6 Å². The Balaban J connectivity index is 2.47. The summed E-state index contributed by atoms with van der Waals surface area (Å²) in [6.07, 6.45) is 4.06. The Morgan fingerprint density at radius 1 is 0.957 bits per heavy atom. The molecule has 2 rings (SSSR count). The summed E-state index contributed by atoms with van der Waals surface area (Å²) in [4.78, 5) is 7.03. The second kappa shape index (κ2) is 8.42. The fourth-order valence-electron chi connectivity index (χ4n) is 2.75. The van der Waals surface area contributed by atoms with Gasteiger partial charge in [0.05, 0.1) is 25.6 Å². The molecule has 0 bridgehead atoms. The van der Waals surface area contributed by atoms with E-state index in [9.17, 15) is 0 Å². The lowest BCUT2D eigenvalue weighted by atomic mass is 10.1. The number of pyridine rings is 1. The summed E-state index contributed by atoms with van der Waals surface area (Å²) >= 11 is 0. The highest BCUT2D eigenvalue weighted by Crippen LogP contribution is 2.35. The van der Waals surface area contributed by atoms with Gasteiger partial charge in [-0.1, -0.05) is 13.8 Å². The Morgan fingerprint density at radius 2 is 1.65 bits per heavy atom. The second-order valence-corrected chi connectivity index (χ2v) is 5.43. The molecule has 0 amide bonds. The minimum absolute atomic E-state index is 0.721. The average molecular weight is 314 g/mol. The van der Waals surface area contributed by atoms with Gasteiger partial charge in [0.25, 0.3) is 0 Å². The van der Waals surface area contributed by atoms with Gasteiger partial charge in [0.2, 0.25) is 0 Å². The van der Waals surface area contributed by atoms with Gasteiger partial charge in [0.15, 0.2) is 11.5 Å². The van der Waals surface area contributed by atoms with Gasteiger partial charge in [0.1, 0.15) is 0 Å². The van der Waals surface area contributed by atoms with E-state index in [0.29, 0.717) is 0 Å². The highest BCUT2D eigenvalue weighted by molar-refractivity contribution is 5.76. The van der Waals surface area contributed by atoms with Crippen LogP contribution in [0.15, 0.2) is 36.5 Å². The number of benzene rings is 1. The molecule has 4 nitrogen and oxygen atoms in total. The standard InChI is InChI=1S/C19H26N2O2/c1-5-12-21(13-6-2)16-8-7-11-20-19(16)15-9-10-17(22-3)18(14-15)23-4/h7-11,14H,5-6,12-13H2,1-4H3. The first-order valence-corrected chi connectivity index (χ1v) is 8.17. The number of anilines is 1. The highest BCUT2D eigenvalue weighted by atomic mass is 16.5. The largest absolute Gasteiger partial charge is 0.493 e. The van der Waals surface area contributed by atoms with Gasteiger partial charge >= 0.3 is 0 Å². The van der Waals surface area contributed by atoms with Crippen molar-refractivity contribution in [1.82, 2.24) is 4.98 Å². The van der Waals surface area contributed by atoms with Crippen molar-refractivity contribution in [2.75, 3.05) is 32.2 Å². The first-order chi connectivity index (χ1) is 11.2. The first kappa shape index (κ1) is 17.1. The van der Waals surface area contributed by atoms with Crippen LogP contribution in [0.3, 0.4) is 0 Å². The van der Waals surface area contributed by atoms with E-state index in [4.69, 9.17) is 9.47 Å². The first-order valence-electron chi connectivity index (χ1n) is 8.17. The van der Waals surface area contributed by atoms with Crippen molar-refractivity contribution in [1.29, 1.82) is 0 Å². The molecule has 0 fully saturated rings. The molecule has 124 valence electrons. The summed E-state index contributed by atoms with van der Waals surface area (Å²) in [5.41, 5.74) is 3.19. The SMILES string of the molecule is CCCN(CCC)c1cccnc1-c1ccc(OC)c(OC)c1. The van der Waals surface area contributed by atoms with Crippen molar-refractivity contribution >= 4 is 5.69 Å². The predicted molar refractivity (Wildman–Crippen MR) is 95.6 cm³/mol. The molecular formula is C19H26N2O2. The third-order valence-corrected chi connectivity index (χ3v) is 3.77. The van der Waals surface area contributed by atoms with Gasteiger partial charge in [-0.25, -0.2) is 0 Å². The Morgan fingerprint density at radius 3 is 2.26 bits per heavy atom. The lowest BCUT2D eigenvalue weighted by molar-refractivity contribution is 0.355. The van der Waals surface area contributed by atoms with Crippen LogP contribution in [0.2, 0.25) is 0 Å². The molecule has 1 aromatic carbocycles. The maximum atomic E-state index is 5.43. The molecule has 0 unspecified atom stereocenters. The van der Waals surface area contributed by atoms with Crippen LogP contribution in [0.1, 0.15) is 26.7 Å². The number of hydrogen-bond donors (Lipinski definition) is 0. The number of rotatable bonds is 8. The third kappa shape index (κ3) is 3.95. The zero-order valence-corrected chi connectivity index (χ0v) is 14.5. The monoisotopic (exact) mass is 314 g/mol. The number of ether oxygens (including phenoxy) is 2. The second-order valence-electron chi connectivity index (χ2n) is 5.43. The summed E-state index contributed by atoms with van der Waals surface area (Å²) in [6, 6.07) is 10.1. The third-order valence-electron chi connectivity index (χ3n) is 3.77. The van der Waals surface area contributed by atoms with Gasteiger partial charge in [0, 0.05) is 24.8 Å². The molecule has 1 heterocycles. The van der Waals surface area contributed by atoms with Crippen LogP contribution in [0, 0.1) is 0 Å². The van der Waals surface area contributed by atoms with Crippen molar-refractivity contribution in [2.24, 2.45) is 0 Å². The highest BCUT2D eigenvalue weighted by Gasteiger charge is 2.14. The van der Waals surface area contributed by atoms with Crippen LogP contribution in [-0.4, -0.2) is 32.3 Å². The van der Waals surface area contributed by atoms with E-state index in [-0.39, 0.29) is 0 Å². The van der Waals surface area contributed by atoms with Gasteiger partial charge in [-0.15, -0.1) is 0 Å². The minimum Gasteiger partial charge on any atom is -0.493 e. The summed E-state index contributed by atoms with van der Waals surface area (Å²) in [5.74, 6) is 1.45. The van der Waals surface area contributed by atoms with Crippen LogP contribution in [-0.2, 0) is 0 Å². The van der Waals surface area contributed by atoms with Crippen LogP contribution >= 0.6 is 0 Å². The molecule has 0 aliphatic rings. The quantitative estimate of drug-likeness (QED) is 0.723. The van der Waals surface area contributed by atoms with E-state index < -0.39 is 0 Å². The zero-order valence-electron chi connectivity index (χ0n) is 14.5. The van der Waals surface area contributed by atoms with E-state index >= 15 is 0 Å². The van der Waals surface area contributed by atoms with Gasteiger partial charge in [-0.2, -0.15) is 0 Å². The number of nitrogens with zero attached hydrogens (tertiary/aromatic N) is 2. The average Bonchev–Trinajstić information content (AvgIpc) is 2.61. The summed E-state index contributed by atoms with van der Waals surface area (Å²) in [5, 5.41) is 0. The molecule has 0 spiro atoms. The molecule has 4 heteroatoms. The molecule has 0 aliphatic carbocycles. The van der Waals surface area contributed by atoms with Gasteiger partial charge in [-0.05, 0) is 43.2 Å². The van der Waals surface area contributed by atoms with Crippen LogP contribution in [0.25, 0.3) is 11.3 Å². The molecular weight excluding hydrogens is 288 g/mol. The Hall–Kier alpha value is -2.23. The number of aromatic nitrogens is 1. The molecule has 0 saturated carbocycles. The van der Waals surface area contributed by atoms with Gasteiger partial charge < -0.3 is 14.4 Å². The fourth-order valence-corrected chi connectivity index (χ4v) is 2.75. The summed E-state index contributed by atoms with van der Waals surface area (Å²) in [7, 11) is 3.30. The van der Waals surface area contributed by atoms with Crippen LogP contribution in [0.4, 0.5) is 5.69 Å². The summed E-state index contributed by atoms with van der Waals surface area (Å²) < 4.78 is 10.8. The Labute approximate surface area is 139 Å². The van der Waals surface area contributed by atoms with E-state index in [2.05, 4.69) is 29.8 Å². The van der Waals surface area contributed by atoms with E-state index in [1.807, 2.05) is 30.5 Å². The van der Waals surface area contributed by atoms with E-state index in [1.54, 1.807) is 14.2 Å². The van der Waals surface area contributed by atoms with E-state index in [1.165, 1.54) is 5.69 Å². The van der Waals surface area contributed by atoms with Crippen molar-refractivity contribution in [3.63, 3.8) is 0 Å².